The van der Waals surface area contributed by atoms with E-state index in [1.165, 1.54) is 5.06 Å². The molecular weight excluding hydrogens is 256 g/mol. The monoisotopic (exact) mass is 272 g/mol. The second-order valence-electron chi connectivity index (χ2n) is 4.98. The first-order chi connectivity index (χ1) is 9.70. The number of benzene rings is 1. The van der Waals surface area contributed by atoms with Crippen LogP contribution in [0.2, 0.25) is 0 Å². The maximum absolute atomic E-state index is 12.2. The summed E-state index contributed by atoms with van der Waals surface area (Å²) >= 11 is 0. The number of β-lactam (4-membered cyclic amide) rings is 1. The van der Waals surface area contributed by atoms with Crippen LogP contribution < -0.4 is 0 Å². The number of nitrogens with zero attached hydrogens (tertiary/aromatic N) is 2. The number of rotatable bonds is 4. The molecule has 5 heteroatoms. The maximum Gasteiger partial charge on any atom is 0.269 e. The van der Waals surface area contributed by atoms with Crippen LogP contribution in [0, 0.1) is 0 Å². The van der Waals surface area contributed by atoms with E-state index in [1.54, 1.807) is 11.0 Å². The van der Waals surface area contributed by atoms with Crippen molar-refractivity contribution in [2.24, 2.45) is 0 Å². The normalized spacial score (nSPS) is 25.2. The molecule has 2 saturated heterocycles. The lowest BCUT2D eigenvalue weighted by Gasteiger charge is -2.49. The first-order valence-electron chi connectivity index (χ1n) is 6.62. The lowest BCUT2D eigenvalue weighted by atomic mass is 9.94. The van der Waals surface area contributed by atoms with Crippen LogP contribution in [0.5, 0.6) is 0 Å². The topological polar surface area (TPSA) is 49.9 Å². The quantitative estimate of drug-likeness (QED) is 0.609. The molecule has 5 nitrogen and oxygen atoms in total. The van der Waals surface area contributed by atoms with Crippen LogP contribution in [0.25, 0.3) is 0 Å². The predicted octanol–water partition coefficient (Wildman–Crippen LogP) is 1.12. The molecule has 0 bridgehead atoms. The maximum atomic E-state index is 12.2. The van der Waals surface area contributed by atoms with Crippen LogP contribution in [-0.2, 0) is 21.0 Å². The van der Waals surface area contributed by atoms with E-state index in [0.717, 1.165) is 5.56 Å². The second kappa shape index (κ2) is 5.09. The van der Waals surface area contributed by atoms with Gasteiger partial charge in [-0.05, 0) is 5.56 Å². The lowest BCUT2D eigenvalue weighted by molar-refractivity contribution is -0.219. The molecule has 1 aromatic rings. The highest BCUT2D eigenvalue weighted by Gasteiger charge is 2.50. The molecule has 2 amide bonds. The molecule has 3 rings (SSSR count). The van der Waals surface area contributed by atoms with E-state index in [4.69, 9.17) is 4.84 Å². The summed E-state index contributed by atoms with van der Waals surface area (Å²) in [6, 6.07) is 9.13. The van der Waals surface area contributed by atoms with Gasteiger partial charge in [0.15, 0.2) is 0 Å². The van der Waals surface area contributed by atoms with Gasteiger partial charge < -0.3 is 4.90 Å². The highest BCUT2D eigenvalue weighted by Crippen LogP contribution is 2.29. The second-order valence-corrected chi connectivity index (χ2v) is 4.98. The van der Waals surface area contributed by atoms with Gasteiger partial charge in [0.25, 0.3) is 5.91 Å². The van der Waals surface area contributed by atoms with Gasteiger partial charge >= 0.3 is 0 Å². The highest BCUT2D eigenvalue weighted by atomic mass is 16.7. The number of piperazine rings is 1. The van der Waals surface area contributed by atoms with E-state index in [9.17, 15) is 9.59 Å². The van der Waals surface area contributed by atoms with E-state index in [-0.39, 0.29) is 30.3 Å². The van der Waals surface area contributed by atoms with Gasteiger partial charge in [-0.15, -0.1) is 6.58 Å². The van der Waals surface area contributed by atoms with Crippen molar-refractivity contribution in [3.05, 3.63) is 48.6 Å². The molecule has 2 aliphatic heterocycles. The van der Waals surface area contributed by atoms with Crippen molar-refractivity contribution in [3.8, 4) is 0 Å². The standard InChI is InChI=1S/C15H16N2O3/c1-2-12-9-16(15(19)13-8-14(18)17(12)13)20-10-11-6-4-3-5-7-11/h2-7,12-13H,1,8-10H2/t12-,13-/m0/s1. The number of hydrogen-bond acceptors (Lipinski definition) is 3. The van der Waals surface area contributed by atoms with Gasteiger partial charge in [0.05, 0.1) is 19.0 Å². The van der Waals surface area contributed by atoms with Crippen molar-refractivity contribution in [3.63, 3.8) is 0 Å². The smallest absolute Gasteiger partial charge is 0.269 e. The number of hydrogen-bond donors (Lipinski definition) is 0. The largest absolute Gasteiger partial charge is 0.322 e. The minimum absolute atomic E-state index is 0.0101. The molecule has 0 spiro atoms. The van der Waals surface area contributed by atoms with Crippen LogP contribution in [0.1, 0.15) is 12.0 Å². The summed E-state index contributed by atoms with van der Waals surface area (Å²) in [7, 11) is 0. The summed E-state index contributed by atoms with van der Waals surface area (Å²) in [6.45, 7) is 4.42. The van der Waals surface area contributed by atoms with Gasteiger partial charge in [0, 0.05) is 0 Å². The van der Waals surface area contributed by atoms with Crippen molar-refractivity contribution >= 4 is 11.8 Å². The van der Waals surface area contributed by atoms with Gasteiger partial charge in [-0.1, -0.05) is 36.4 Å². The van der Waals surface area contributed by atoms with E-state index in [1.807, 2.05) is 30.3 Å². The van der Waals surface area contributed by atoms with Gasteiger partial charge in [0.1, 0.15) is 12.6 Å². The van der Waals surface area contributed by atoms with Crippen LogP contribution in [0.4, 0.5) is 0 Å². The third-order valence-corrected chi connectivity index (χ3v) is 3.73. The van der Waals surface area contributed by atoms with Gasteiger partial charge in [-0.25, -0.2) is 5.06 Å². The van der Waals surface area contributed by atoms with Gasteiger partial charge in [0.2, 0.25) is 5.91 Å². The number of carbonyl (C=O) groups excluding carboxylic acids is 2. The molecule has 2 aliphatic rings. The average Bonchev–Trinajstić information content (AvgIpc) is 2.47. The van der Waals surface area contributed by atoms with Crippen molar-refractivity contribution < 1.29 is 14.4 Å². The molecular formula is C15H16N2O3. The lowest BCUT2D eigenvalue weighted by Crippen LogP contribution is -2.69. The molecule has 0 unspecified atom stereocenters. The molecule has 0 aromatic heterocycles. The van der Waals surface area contributed by atoms with Gasteiger partial charge in [-0.2, -0.15) is 0 Å². The zero-order valence-electron chi connectivity index (χ0n) is 11.1. The summed E-state index contributed by atoms with van der Waals surface area (Å²) < 4.78 is 0. The Morgan fingerprint density at radius 1 is 1.30 bits per heavy atom. The summed E-state index contributed by atoms with van der Waals surface area (Å²) in [5.74, 6) is -0.130. The molecule has 104 valence electrons. The van der Waals surface area contributed by atoms with Crippen LogP contribution in [0.3, 0.4) is 0 Å². The molecule has 2 atom stereocenters. The third kappa shape index (κ3) is 2.10. The van der Waals surface area contributed by atoms with Crippen molar-refractivity contribution in [1.29, 1.82) is 0 Å². The predicted molar refractivity (Wildman–Crippen MR) is 72.2 cm³/mol. The zero-order chi connectivity index (χ0) is 14.1. The molecule has 0 N–H and O–H groups in total. The number of amides is 2. The molecule has 1 aromatic carbocycles. The average molecular weight is 272 g/mol. The SMILES string of the molecule is C=C[C@H]1CN(OCc2ccccc2)C(=O)[C@@H]2CC(=O)N12. The summed E-state index contributed by atoms with van der Waals surface area (Å²) in [5, 5.41) is 1.37. The summed E-state index contributed by atoms with van der Waals surface area (Å²) in [4.78, 5) is 30.9. The Bertz CT molecular complexity index is 541. The van der Waals surface area contributed by atoms with Crippen LogP contribution in [-0.4, -0.2) is 40.4 Å². The minimum atomic E-state index is -0.380. The van der Waals surface area contributed by atoms with E-state index in [2.05, 4.69) is 6.58 Å². The van der Waals surface area contributed by atoms with Crippen LogP contribution >= 0.6 is 0 Å². The number of fused-ring (bicyclic) bond motifs is 1. The Balaban J connectivity index is 1.66. The Labute approximate surface area is 117 Å². The molecule has 0 saturated carbocycles. The highest BCUT2D eigenvalue weighted by molar-refractivity contribution is 5.98. The number of hydroxylamine groups is 2. The minimum Gasteiger partial charge on any atom is -0.322 e. The van der Waals surface area contributed by atoms with E-state index in [0.29, 0.717) is 13.2 Å². The fourth-order valence-electron chi connectivity index (χ4n) is 2.60. The van der Waals surface area contributed by atoms with Crippen molar-refractivity contribution in [2.45, 2.75) is 25.1 Å². The molecule has 2 heterocycles. The molecule has 20 heavy (non-hydrogen) atoms. The Hall–Kier alpha value is -2.14. The number of carbonyl (C=O) groups is 2. The first kappa shape index (κ1) is 12.9. The Morgan fingerprint density at radius 2 is 2.05 bits per heavy atom. The van der Waals surface area contributed by atoms with Crippen LogP contribution in [0.15, 0.2) is 43.0 Å². The molecule has 0 radical (unpaired) electrons. The third-order valence-electron chi connectivity index (χ3n) is 3.73. The van der Waals surface area contributed by atoms with Crippen molar-refractivity contribution in [1.82, 2.24) is 9.96 Å². The van der Waals surface area contributed by atoms with Crippen molar-refractivity contribution in [2.75, 3.05) is 6.54 Å². The van der Waals surface area contributed by atoms with E-state index < -0.39 is 0 Å². The fraction of sp³-hybridized carbons (Fsp3) is 0.333. The summed E-state index contributed by atoms with van der Waals surface area (Å²) in [5.41, 5.74) is 1.00. The molecule has 2 fully saturated rings. The fourth-order valence-corrected chi connectivity index (χ4v) is 2.60. The Morgan fingerprint density at radius 3 is 2.70 bits per heavy atom. The Kier molecular flexibility index (Phi) is 3.28. The first-order valence-corrected chi connectivity index (χ1v) is 6.62. The summed E-state index contributed by atoms with van der Waals surface area (Å²) in [6.07, 6.45) is 1.96. The molecule has 0 aliphatic carbocycles. The van der Waals surface area contributed by atoms with Gasteiger partial charge in [-0.3, -0.25) is 14.4 Å². The zero-order valence-corrected chi connectivity index (χ0v) is 11.1. The van der Waals surface area contributed by atoms with E-state index >= 15 is 0 Å².